The third-order valence-corrected chi connectivity index (χ3v) is 2.06. The van der Waals surface area contributed by atoms with Gasteiger partial charge in [-0.2, -0.15) is 0 Å². The van der Waals surface area contributed by atoms with Gasteiger partial charge in [0.15, 0.2) is 0 Å². The summed E-state index contributed by atoms with van der Waals surface area (Å²) in [6, 6.07) is 6.10. The molecule has 0 spiro atoms. The summed E-state index contributed by atoms with van der Waals surface area (Å²) >= 11 is 0. The monoisotopic (exact) mass is 212 g/mol. The minimum Gasteiger partial charge on any atom is -0.488 e. The predicted octanol–water partition coefficient (Wildman–Crippen LogP) is 4.42. The largest absolute Gasteiger partial charge is 0.488 e. The van der Waals surface area contributed by atoms with Crippen LogP contribution in [0.15, 0.2) is 24.3 Å². The van der Waals surface area contributed by atoms with Crippen LogP contribution in [0, 0.1) is 5.82 Å². The Morgan fingerprint density at radius 2 is 1.60 bits per heavy atom. The lowest BCUT2D eigenvalue weighted by atomic mass is 10.1. The van der Waals surface area contributed by atoms with Crippen LogP contribution < -0.4 is 4.74 Å². The van der Waals surface area contributed by atoms with Crippen LogP contribution in [0.3, 0.4) is 0 Å². The second-order valence-electron chi connectivity index (χ2n) is 3.67. The van der Waals surface area contributed by atoms with Gasteiger partial charge in [0, 0.05) is 0 Å². The molecule has 0 amide bonds. The van der Waals surface area contributed by atoms with Crippen LogP contribution in [0.4, 0.5) is 4.39 Å². The molecule has 0 radical (unpaired) electrons. The minimum absolute atomic E-state index is 0.183. The van der Waals surface area contributed by atoms with Gasteiger partial charge >= 0.3 is 0 Å². The van der Waals surface area contributed by atoms with Gasteiger partial charge in [0.1, 0.15) is 17.2 Å². The van der Waals surface area contributed by atoms with Crippen molar-refractivity contribution < 1.29 is 9.13 Å². The fourth-order valence-electron chi connectivity index (χ4n) is 0.894. The van der Waals surface area contributed by atoms with E-state index in [-0.39, 0.29) is 11.4 Å². The summed E-state index contributed by atoms with van der Waals surface area (Å²) in [6.07, 6.45) is 0.921. The molecule has 0 aliphatic carbocycles. The van der Waals surface area contributed by atoms with Crippen molar-refractivity contribution >= 4 is 0 Å². The van der Waals surface area contributed by atoms with Gasteiger partial charge < -0.3 is 4.74 Å². The van der Waals surface area contributed by atoms with Gasteiger partial charge in [-0.25, -0.2) is 4.39 Å². The summed E-state index contributed by atoms with van der Waals surface area (Å²) in [5.41, 5.74) is -0.183. The van der Waals surface area contributed by atoms with Crippen LogP contribution in [0.25, 0.3) is 0 Å². The van der Waals surface area contributed by atoms with E-state index in [1.54, 1.807) is 12.1 Å². The summed E-state index contributed by atoms with van der Waals surface area (Å²) in [4.78, 5) is 0. The number of ether oxygens (including phenoxy) is 1. The van der Waals surface area contributed by atoms with E-state index in [1.807, 2.05) is 27.7 Å². The molecule has 0 aromatic heterocycles. The first-order chi connectivity index (χ1) is 7.03. The Morgan fingerprint density at radius 1 is 1.13 bits per heavy atom. The lowest BCUT2D eigenvalue weighted by Crippen LogP contribution is -2.26. The highest BCUT2D eigenvalue weighted by molar-refractivity contribution is 5.22. The van der Waals surface area contributed by atoms with Crippen molar-refractivity contribution in [3.8, 4) is 5.75 Å². The zero-order valence-electron chi connectivity index (χ0n) is 10.3. The molecule has 0 saturated heterocycles. The van der Waals surface area contributed by atoms with E-state index in [9.17, 15) is 4.39 Å². The van der Waals surface area contributed by atoms with Gasteiger partial charge in [-0.05, 0) is 44.5 Å². The Morgan fingerprint density at radius 3 is 2.00 bits per heavy atom. The topological polar surface area (TPSA) is 9.23 Å². The summed E-state index contributed by atoms with van der Waals surface area (Å²) in [5, 5.41) is 0. The highest BCUT2D eigenvalue weighted by Gasteiger charge is 2.16. The molecule has 0 heterocycles. The van der Waals surface area contributed by atoms with Crippen LogP contribution in [0.2, 0.25) is 0 Å². The molecule has 0 unspecified atom stereocenters. The van der Waals surface area contributed by atoms with Crippen molar-refractivity contribution in [2.75, 3.05) is 0 Å². The van der Waals surface area contributed by atoms with Crippen LogP contribution in [-0.2, 0) is 0 Å². The first-order valence-electron chi connectivity index (χ1n) is 5.48. The van der Waals surface area contributed by atoms with Crippen molar-refractivity contribution in [3.63, 3.8) is 0 Å². The zero-order chi connectivity index (χ0) is 11.9. The summed E-state index contributed by atoms with van der Waals surface area (Å²) in [6.45, 7) is 10.1. The average molecular weight is 212 g/mol. The van der Waals surface area contributed by atoms with Crippen LogP contribution >= 0.6 is 0 Å². The Hall–Kier alpha value is -1.05. The Kier molecular flexibility index (Phi) is 5.99. The Bertz CT molecular complexity index is 264. The fraction of sp³-hybridized carbons (Fsp3) is 0.538. The Balaban J connectivity index is 0.000000921. The maximum Gasteiger partial charge on any atom is 0.123 e. The molecular formula is C13H21FO. The molecule has 0 atom stereocenters. The summed E-state index contributed by atoms with van der Waals surface area (Å²) in [5.74, 6) is 0.481. The molecule has 0 N–H and O–H groups in total. The number of hydrogen-bond donors (Lipinski definition) is 0. The van der Waals surface area contributed by atoms with Crippen LogP contribution in [-0.4, -0.2) is 5.60 Å². The van der Waals surface area contributed by atoms with Gasteiger partial charge in [0.05, 0.1) is 0 Å². The quantitative estimate of drug-likeness (QED) is 0.720. The summed E-state index contributed by atoms with van der Waals surface area (Å²) in [7, 11) is 0. The second-order valence-corrected chi connectivity index (χ2v) is 3.67. The van der Waals surface area contributed by atoms with Gasteiger partial charge in [0.25, 0.3) is 0 Å². The number of benzene rings is 1. The first kappa shape index (κ1) is 13.9. The minimum atomic E-state index is -0.235. The number of rotatable bonds is 3. The lowest BCUT2D eigenvalue weighted by molar-refractivity contribution is 0.105. The molecule has 15 heavy (non-hydrogen) atoms. The SMILES string of the molecule is CC.CCC(C)(C)Oc1ccc(F)cc1. The smallest absolute Gasteiger partial charge is 0.123 e. The third kappa shape index (κ3) is 5.40. The van der Waals surface area contributed by atoms with Gasteiger partial charge in [-0.15, -0.1) is 0 Å². The van der Waals surface area contributed by atoms with E-state index in [1.165, 1.54) is 12.1 Å². The van der Waals surface area contributed by atoms with E-state index in [0.717, 1.165) is 6.42 Å². The highest BCUT2D eigenvalue weighted by Crippen LogP contribution is 2.20. The van der Waals surface area contributed by atoms with Crippen LogP contribution in [0.5, 0.6) is 5.75 Å². The van der Waals surface area contributed by atoms with Crippen molar-refractivity contribution in [1.29, 1.82) is 0 Å². The average Bonchev–Trinajstić information content (AvgIpc) is 2.24. The maximum atomic E-state index is 12.5. The first-order valence-corrected chi connectivity index (χ1v) is 5.48. The molecule has 1 aromatic carbocycles. The van der Waals surface area contributed by atoms with Crippen molar-refractivity contribution in [2.45, 2.75) is 46.6 Å². The molecule has 1 aromatic rings. The molecule has 0 fully saturated rings. The molecular weight excluding hydrogens is 191 g/mol. The number of hydrogen-bond acceptors (Lipinski definition) is 1. The van der Waals surface area contributed by atoms with Crippen molar-refractivity contribution in [3.05, 3.63) is 30.1 Å². The number of halogens is 1. The van der Waals surface area contributed by atoms with Gasteiger partial charge in [-0.1, -0.05) is 20.8 Å². The van der Waals surface area contributed by atoms with Gasteiger partial charge in [0.2, 0.25) is 0 Å². The van der Waals surface area contributed by atoms with Crippen molar-refractivity contribution in [2.24, 2.45) is 0 Å². The van der Waals surface area contributed by atoms with Crippen LogP contribution in [0.1, 0.15) is 41.0 Å². The molecule has 0 aliphatic rings. The molecule has 0 bridgehead atoms. The molecule has 86 valence electrons. The van der Waals surface area contributed by atoms with E-state index in [0.29, 0.717) is 5.75 Å². The van der Waals surface area contributed by atoms with E-state index >= 15 is 0 Å². The van der Waals surface area contributed by atoms with Gasteiger partial charge in [-0.3, -0.25) is 0 Å². The maximum absolute atomic E-state index is 12.5. The normalized spacial score (nSPS) is 10.3. The highest BCUT2D eigenvalue weighted by atomic mass is 19.1. The summed E-state index contributed by atoms with van der Waals surface area (Å²) < 4.78 is 18.2. The predicted molar refractivity (Wildman–Crippen MR) is 62.7 cm³/mol. The Labute approximate surface area is 92.3 Å². The third-order valence-electron chi connectivity index (χ3n) is 2.06. The zero-order valence-corrected chi connectivity index (χ0v) is 10.3. The molecule has 1 rings (SSSR count). The van der Waals surface area contributed by atoms with E-state index in [4.69, 9.17) is 4.74 Å². The van der Waals surface area contributed by atoms with Crippen molar-refractivity contribution in [1.82, 2.24) is 0 Å². The lowest BCUT2D eigenvalue weighted by Gasteiger charge is -2.24. The second kappa shape index (κ2) is 6.44. The van der Waals surface area contributed by atoms with E-state index in [2.05, 4.69) is 6.92 Å². The van der Waals surface area contributed by atoms with E-state index < -0.39 is 0 Å². The fourth-order valence-corrected chi connectivity index (χ4v) is 0.894. The molecule has 2 heteroatoms. The molecule has 0 aliphatic heterocycles. The molecule has 0 saturated carbocycles. The standard InChI is InChI=1S/C11H15FO.C2H6/c1-4-11(2,3)13-10-7-5-9(12)6-8-10;1-2/h5-8H,4H2,1-3H3;1-2H3. The molecule has 1 nitrogen and oxygen atoms in total.